The van der Waals surface area contributed by atoms with Gasteiger partial charge in [0.25, 0.3) is 0 Å². The van der Waals surface area contributed by atoms with Crippen LogP contribution >= 0.6 is 11.3 Å². The molecule has 1 N–H and O–H groups in total. The van der Waals surface area contributed by atoms with Crippen LogP contribution in [0.3, 0.4) is 0 Å². The van der Waals surface area contributed by atoms with Crippen LogP contribution in [0.5, 0.6) is 0 Å². The van der Waals surface area contributed by atoms with E-state index < -0.39 is 6.09 Å². The van der Waals surface area contributed by atoms with Gasteiger partial charge >= 0.3 is 6.09 Å². The van der Waals surface area contributed by atoms with Crippen LogP contribution in [-0.4, -0.2) is 19.2 Å². The Kier molecular flexibility index (Phi) is 5.08. The summed E-state index contributed by atoms with van der Waals surface area (Å²) in [5, 5.41) is 6.15. The number of carbonyl (C=O) groups is 1. The molecule has 0 saturated heterocycles. The molecule has 0 spiro atoms. The predicted molar refractivity (Wildman–Crippen MR) is 124 cm³/mol. The summed E-state index contributed by atoms with van der Waals surface area (Å²) < 4.78 is 6.84. The lowest BCUT2D eigenvalue weighted by Crippen LogP contribution is -2.26. The molecular formula is C26H21NO2S. The zero-order valence-electron chi connectivity index (χ0n) is 16.4. The van der Waals surface area contributed by atoms with Crippen molar-refractivity contribution in [1.82, 2.24) is 5.32 Å². The largest absolute Gasteiger partial charge is 0.449 e. The fourth-order valence-corrected chi connectivity index (χ4v) is 4.85. The van der Waals surface area contributed by atoms with E-state index in [0.29, 0.717) is 13.2 Å². The Hall–Kier alpha value is -3.37. The second-order valence-corrected chi connectivity index (χ2v) is 8.27. The maximum atomic E-state index is 12.2. The van der Waals surface area contributed by atoms with E-state index in [0.717, 1.165) is 5.56 Å². The lowest BCUT2D eigenvalue weighted by molar-refractivity contribution is 0.144. The van der Waals surface area contributed by atoms with Crippen molar-refractivity contribution >= 4 is 33.6 Å². The third-order valence-corrected chi connectivity index (χ3v) is 6.39. The molecule has 0 radical (unpaired) electrons. The molecule has 1 aromatic heterocycles. The van der Waals surface area contributed by atoms with Gasteiger partial charge in [0.2, 0.25) is 0 Å². The third-order valence-electron chi connectivity index (χ3n) is 5.49. The molecular weight excluding hydrogens is 390 g/mol. The second-order valence-electron chi connectivity index (χ2n) is 7.33. The molecule has 5 rings (SSSR count). The average Bonchev–Trinajstić information content (AvgIpc) is 3.37. The van der Waals surface area contributed by atoms with E-state index in [-0.39, 0.29) is 5.92 Å². The van der Waals surface area contributed by atoms with Crippen molar-refractivity contribution < 1.29 is 9.53 Å². The molecule has 3 aromatic carbocycles. The van der Waals surface area contributed by atoms with Crippen LogP contribution in [0, 0.1) is 0 Å². The Morgan fingerprint density at radius 2 is 1.70 bits per heavy atom. The standard InChI is InChI=1S/C26H21NO2S/c28-26(27-14-5-6-18-11-12-25-19(16-18)13-15-30-25)29-17-24-22-9-3-1-7-20(22)21-8-2-4-10-23(21)24/h1-13,15-16,24H,14,17H2,(H,27,28). The quantitative estimate of drug-likeness (QED) is 0.410. The van der Waals surface area contributed by atoms with Gasteiger partial charge in [0.1, 0.15) is 6.61 Å². The number of hydrogen-bond acceptors (Lipinski definition) is 3. The first-order valence-electron chi connectivity index (χ1n) is 10.0. The van der Waals surface area contributed by atoms with Gasteiger partial charge in [-0.2, -0.15) is 0 Å². The van der Waals surface area contributed by atoms with Gasteiger partial charge < -0.3 is 10.1 Å². The molecule has 1 aliphatic carbocycles. The zero-order valence-corrected chi connectivity index (χ0v) is 17.2. The smallest absolute Gasteiger partial charge is 0.407 e. The maximum Gasteiger partial charge on any atom is 0.407 e. The first-order valence-corrected chi connectivity index (χ1v) is 10.9. The summed E-state index contributed by atoms with van der Waals surface area (Å²) in [4.78, 5) is 12.2. The topological polar surface area (TPSA) is 38.3 Å². The van der Waals surface area contributed by atoms with Gasteiger partial charge in [0.05, 0.1) is 0 Å². The molecule has 3 nitrogen and oxygen atoms in total. The summed E-state index contributed by atoms with van der Waals surface area (Å²) in [6.07, 6.45) is 3.56. The first kappa shape index (κ1) is 18.6. The van der Waals surface area contributed by atoms with E-state index in [9.17, 15) is 4.79 Å². The highest BCUT2D eigenvalue weighted by Gasteiger charge is 2.28. The van der Waals surface area contributed by atoms with Crippen molar-refractivity contribution in [1.29, 1.82) is 0 Å². The number of hydrogen-bond donors (Lipinski definition) is 1. The maximum absolute atomic E-state index is 12.2. The van der Waals surface area contributed by atoms with E-state index in [2.05, 4.69) is 59.2 Å². The summed E-state index contributed by atoms with van der Waals surface area (Å²) in [5.41, 5.74) is 6.01. The number of ether oxygens (including phenoxy) is 1. The van der Waals surface area contributed by atoms with E-state index in [1.54, 1.807) is 11.3 Å². The lowest BCUT2D eigenvalue weighted by Gasteiger charge is -2.14. The third kappa shape index (κ3) is 3.62. The molecule has 0 aliphatic heterocycles. The van der Waals surface area contributed by atoms with Crippen LogP contribution in [0.25, 0.3) is 27.3 Å². The molecule has 0 unspecified atom stereocenters. The summed E-state index contributed by atoms with van der Waals surface area (Å²) in [5.74, 6) is 0.0797. The Labute approximate surface area is 179 Å². The normalized spacial score (nSPS) is 12.8. The van der Waals surface area contributed by atoms with Crippen molar-refractivity contribution in [2.75, 3.05) is 13.2 Å². The molecule has 1 aliphatic rings. The molecule has 30 heavy (non-hydrogen) atoms. The Bertz CT molecular complexity index is 1200. The fraction of sp³-hybridized carbons (Fsp3) is 0.115. The van der Waals surface area contributed by atoms with E-state index in [1.807, 2.05) is 36.4 Å². The first-order chi connectivity index (χ1) is 14.8. The second kappa shape index (κ2) is 8.17. The van der Waals surface area contributed by atoms with E-state index in [4.69, 9.17) is 4.74 Å². The van der Waals surface area contributed by atoms with Gasteiger partial charge in [-0.1, -0.05) is 66.7 Å². The minimum absolute atomic E-state index is 0.0797. The number of alkyl carbamates (subject to hydrolysis) is 1. The van der Waals surface area contributed by atoms with Gasteiger partial charge in [-0.25, -0.2) is 4.79 Å². The van der Waals surface area contributed by atoms with Gasteiger partial charge in [0.15, 0.2) is 0 Å². The Morgan fingerprint density at radius 1 is 0.967 bits per heavy atom. The highest BCUT2D eigenvalue weighted by molar-refractivity contribution is 7.17. The number of carbonyl (C=O) groups excluding carboxylic acids is 1. The SMILES string of the molecule is O=C(NCC=Cc1ccc2sccc2c1)OCC1c2ccccc2-c2ccccc21. The van der Waals surface area contributed by atoms with Gasteiger partial charge in [-0.05, 0) is 56.8 Å². The van der Waals surface area contributed by atoms with E-state index in [1.165, 1.54) is 32.3 Å². The van der Waals surface area contributed by atoms with Crippen LogP contribution in [0.4, 0.5) is 4.79 Å². The summed E-state index contributed by atoms with van der Waals surface area (Å²) in [6.45, 7) is 0.761. The number of amides is 1. The molecule has 0 bridgehead atoms. The number of rotatable bonds is 5. The number of thiophene rings is 1. The van der Waals surface area contributed by atoms with Crippen molar-refractivity contribution in [2.24, 2.45) is 0 Å². The minimum Gasteiger partial charge on any atom is -0.449 e. The average molecular weight is 412 g/mol. The van der Waals surface area contributed by atoms with E-state index >= 15 is 0 Å². The molecule has 0 atom stereocenters. The van der Waals surface area contributed by atoms with Crippen molar-refractivity contribution in [2.45, 2.75) is 5.92 Å². The Morgan fingerprint density at radius 3 is 2.47 bits per heavy atom. The van der Waals surface area contributed by atoms with Crippen LogP contribution in [0.15, 0.2) is 84.3 Å². The molecule has 0 saturated carbocycles. The zero-order chi connectivity index (χ0) is 20.3. The van der Waals surface area contributed by atoms with Crippen LogP contribution < -0.4 is 5.32 Å². The molecule has 148 valence electrons. The van der Waals surface area contributed by atoms with Crippen molar-refractivity contribution in [3.05, 3.63) is 101 Å². The van der Waals surface area contributed by atoms with Crippen LogP contribution in [0.2, 0.25) is 0 Å². The number of fused-ring (bicyclic) bond motifs is 4. The lowest BCUT2D eigenvalue weighted by atomic mass is 9.98. The number of benzene rings is 3. The fourth-order valence-electron chi connectivity index (χ4n) is 4.08. The van der Waals surface area contributed by atoms with Gasteiger partial charge in [-0.15, -0.1) is 11.3 Å². The summed E-state index contributed by atoms with van der Waals surface area (Å²) >= 11 is 1.74. The van der Waals surface area contributed by atoms with Crippen LogP contribution in [-0.2, 0) is 4.74 Å². The van der Waals surface area contributed by atoms with Crippen molar-refractivity contribution in [3.63, 3.8) is 0 Å². The Balaban J connectivity index is 1.18. The molecule has 1 amide bonds. The molecule has 1 heterocycles. The highest BCUT2D eigenvalue weighted by atomic mass is 32.1. The summed E-state index contributed by atoms with van der Waals surface area (Å²) in [6, 6.07) is 25.2. The molecule has 4 heteroatoms. The monoisotopic (exact) mass is 411 g/mol. The minimum atomic E-state index is -0.394. The molecule has 0 fully saturated rings. The van der Waals surface area contributed by atoms with Crippen molar-refractivity contribution in [3.8, 4) is 11.1 Å². The van der Waals surface area contributed by atoms with Gasteiger partial charge in [-0.3, -0.25) is 0 Å². The predicted octanol–water partition coefficient (Wildman–Crippen LogP) is 6.45. The number of nitrogens with one attached hydrogen (secondary N) is 1. The highest BCUT2D eigenvalue weighted by Crippen LogP contribution is 2.44. The summed E-state index contributed by atoms with van der Waals surface area (Å²) in [7, 11) is 0. The molecule has 4 aromatic rings. The van der Waals surface area contributed by atoms with Gasteiger partial charge in [0, 0.05) is 17.2 Å². The van der Waals surface area contributed by atoms with Crippen LogP contribution in [0.1, 0.15) is 22.6 Å².